The third-order valence-corrected chi connectivity index (χ3v) is 7.90. The van der Waals surface area contributed by atoms with Crippen LogP contribution in [0.25, 0.3) is 0 Å². The second-order valence-corrected chi connectivity index (χ2v) is 14.5. The number of aromatic nitrogens is 2. The van der Waals surface area contributed by atoms with E-state index < -0.39 is 43.1 Å². The van der Waals surface area contributed by atoms with E-state index in [0.29, 0.717) is 23.6 Å². The van der Waals surface area contributed by atoms with E-state index in [0.717, 1.165) is 18.2 Å². The van der Waals surface area contributed by atoms with Crippen LogP contribution in [0.5, 0.6) is 5.88 Å². The summed E-state index contributed by atoms with van der Waals surface area (Å²) in [5.41, 5.74) is 0.481. The predicted octanol–water partition coefficient (Wildman–Crippen LogP) is 2.50. The van der Waals surface area contributed by atoms with Crippen molar-refractivity contribution in [2.45, 2.75) is 38.5 Å². The van der Waals surface area contributed by atoms with Gasteiger partial charge in [0.2, 0.25) is 11.8 Å². The standard InChI is InChI=1S/C24H26F2N4O5Si/c1-34-20-6-5-15-18(28-20)7-8-30(21(32)12-14-11-19(31)29-35-14)22(15)24(33)27-13-9-16(25)23(17(26)10-13)36(2,3)4/h5-6,9-11,22H,7-8,12H2,1-4H3,(H,27,33)(H,29,31). The molecule has 1 aliphatic rings. The maximum absolute atomic E-state index is 14.8. The number of fused-ring (bicyclic) bond motifs is 1. The zero-order chi connectivity index (χ0) is 26.2. The van der Waals surface area contributed by atoms with Gasteiger partial charge in [-0.15, -0.1) is 0 Å². The zero-order valence-electron chi connectivity index (χ0n) is 20.3. The fourth-order valence-corrected chi connectivity index (χ4v) is 5.94. The Morgan fingerprint density at radius 2 is 1.92 bits per heavy atom. The Kier molecular flexibility index (Phi) is 6.80. The van der Waals surface area contributed by atoms with Crippen LogP contribution in [-0.2, 0) is 22.4 Å². The summed E-state index contributed by atoms with van der Waals surface area (Å²) in [6.07, 6.45) is 0.100. The number of H-pyrrole nitrogens is 1. The van der Waals surface area contributed by atoms with E-state index in [1.807, 2.05) is 19.6 Å². The Labute approximate surface area is 206 Å². The number of benzene rings is 1. The second kappa shape index (κ2) is 9.68. The second-order valence-electron chi connectivity index (χ2n) is 9.54. The minimum Gasteiger partial charge on any atom is -0.481 e. The number of anilines is 1. The number of carbonyl (C=O) groups excluding carboxylic acids is 2. The Morgan fingerprint density at radius 1 is 1.22 bits per heavy atom. The van der Waals surface area contributed by atoms with Crippen LogP contribution in [-0.4, -0.2) is 48.6 Å². The molecule has 4 rings (SSSR count). The summed E-state index contributed by atoms with van der Waals surface area (Å²) in [6, 6.07) is 5.41. The molecule has 1 aliphatic heterocycles. The first-order valence-corrected chi connectivity index (χ1v) is 14.8. The van der Waals surface area contributed by atoms with Gasteiger partial charge in [-0.2, -0.15) is 5.16 Å². The quantitative estimate of drug-likeness (QED) is 0.486. The highest BCUT2D eigenvalue weighted by Crippen LogP contribution is 2.32. The fourth-order valence-electron chi connectivity index (χ4n) is 4.36. The average molecular weight is 517 g/mol. The summed E-state index contributed by atoms with van der Waals surface area (Å²) in [4.78, 5) is 43.7. The molecule has 0 aliphatic carbocycles. The minimum absolute atomic E-state index is 0.0459. The predicted molar refractivity (Wildman–Crippen MR) is 130 cm³/mol. The highest BCUT2D eigenvalue weighted by molar-refractivity contribution is 6.88. The molecule has 3 heterocycles. The number of rotatable bonds is 6. The number of carbonyl (C=O) groups is 2. The van der Waals surface area contributed by atoms with Crippen LogP contribution < -0.4 is 20.8 Å². The number of methoxy groups -OCH3 is 1. The lowest BCUT2D eigenvalue weighted by Gasteiger charge is -2.36. The molecule has 0 fully saturated rings. The van der Waals surface area contributed by atoms with Crippen LogP contribution in [0.2, 0.25) is 19.6 Å². The van der Waals surface area contributed by atoms with E-state index in [4.69, 9.17) is 9.26 Å². The third kappa shape index (κ3) is 5.08. The Balaban J connectivity index is 1.68. The van der Waals surface area contributed by atoms with Gasteiger partial charge >= 0.3 is 0 Å². The van der Waals surface area contributed by atoms with E-state index in [-0.39, 0.29) is 29.6 Å². The van der Waals surface area contributed by atoms with E-state index in [2.05, 4.69) is 15.5 Å². The third-order valence-electron chi connectivity index (χ3n) is 5.92. The van der Waals surface area contributed by atoms with E-state index >= 15 is 0 Å². The summed E-state index contributed by atoms with van der Waals surface area (Å²) >= 11 is 0. The molecule has 12 heteroatoms. The summed E-state index contributed by atoms with van der Waals surface area (Å²) in [6.45, 7) is 5.62. The van der Waals surface area contributed by atoms with Crippen LogP contribution in [0.4, 0.5) is 14.5 Å². The number of halogens is 2. The number of pyridine rings is 1. The number of aromatic amines is 1. The van der Waals surface area contributed by atoms with Crippen LogP contribution >= 0.6 is 0 Å². The van der Waals surface area contributed by atoms with Gasteiger partial charge in [-0.05, 0) is 18.2 Å². The molecule has 2 N–H and O–H groups in total. The maximum Gasteiger partial charge on any atom is 0.280 e. The van der Waals surface area contributed by atoms with Crippen LogP contribution in [0.1, 0.15) is 23.1 Å². The van der Waals surface area contributed by atoms with Crippen molar-refractivity contribution >= 4 is 30.8 Å². The van der Waals surface area contributed by atoms with Crippen molar-refractivity contribution in [1.82, 2.24) is 15.0 Å². The highest BCUT2D eigenvalue weighted by atomic mass is 28.3. The molecule has 0 saturated heterocycles. The van der Waals surface area contributed by atoms with Gasteiger partial charge in [-0.3, -0.25) is 14.4 Å². The molecule has 0 saturated carbocycles. The lowest BCUT2D eigenvalue weighted by Crippen LogP contribution is -2.46. The summed E-state index contributed by atoms with van der Waals surface area (Å²) < 4.78 is 39.7. The van der Waals surface area contributed by atoms with Crippen LogP contribution in [0, 0.1) is 11.6 Å². The molecule has 2 aromatic heterocycles. The smallest absolute Gasteiger partial charge is 0.280 e. The van der Waals surface area contributed by atoms with E-state index in [1.165, 1.54) is 12.0 Å². The minimum atomic E-state index is -2.30. The first-order chi connectivity index (χ1) is 17.0. The number of hydrogen-bond donors (Lipinski definition) is 2. The van der Waals surface area contributed by atoms with Crippen molar-refractivity contribution in [3.8, 4) is 5.88 Å². The molecule has 0 spiro atoms. The molecule has 1 aromatic carbocycles. The molecule has 9 nitrogen and oxygen atoms in total. The van der Waals surface area contributed by atoms with Gasteiger partial charge in [0.1, 0.15) is 23.4 Å². The van der Waals surface area contributed by atoms with Crippen molar-refractivity contribution in [2.24, 2.45) is 0 Å². The fraction of sp³-hybridized carbons (Fsp3) is 0.333. The van der Waals surface area contributed by atoms with Crippen molar-refractivity contribution in [1.29, 1.82) is 0 Å². The first kappa shape index (κ1) is 25.3. The number of amides is 2. The lowest BCUT2D eigenvalue weighted by molar-refractivity contribution is -0.139. The average Bonchev–Trinajstić information content (AvgIpc) is 3.20. The van der Waals surface area contributed by atoms with Gasteiger partial charge in [0.05, 0.1) is 27.3 Å². The highest BCUT2D eigenvalue weighted by Gasteiger charge is 2.37. The molecule has 1 atom stereocenters. The SMILES string of the molecule is COc1ccc2c(n1)CCN(C(=O)Cc1cc(=O)[nH]o1)C2C(=O)Nc1cc(F)c([Si](C)(C)C)c(F)c1. The van der Waals surface area contributed by atoms with E-state index in [9.17, 15) is 23.2 Å². The van der Waals surface area contributed by atoms with Gasteiger partial charge in [-0.25, -0.2) is 13.8 Å². The van der Waals surface area contributed by atoms with Gasteiger partial charge in [-0.1, -0.05) is 19.6 Å². The molecule has 2 amide bonds. The number of nitrogens with one attached hydrogen (secondary N) is 2. The van der Waals surface area contributed by atoms with Crippen molar-refractivity contribution in [3.05, 3.63) is 69.3 Å². The molecule has 0 bridgehead atoms. The molecule has 0 radical (unpaired) electrons. The largest absolute Gasteiger partial charge is 0.481 e. The van der Waals surface area contributed by atoms with Gasteiger partial charge < -0.3 is 19.5 Å². The normalized spacial score (nSPS) is 15.4. The van der Waals surface area contributed by atoms with Crippen LogP contribution in [0.3, 0.4) is 0 Å². The monoisotopic (exact) mass is 516 g/mol. The Hall–Kier alpha value is -3.80. The summed E-state index contributed by atoms with van der Waals surface area (Å²) in [5.74, 6) is -2.11. The molecule has 190 valence electrons. The number of hydrogen-bond acceptors (Lipinski definition) is 6. The maximum atomic E-state index is 14.8. The van der Waals surface area contributed by atoms with Crippen molar-refractivity contribution < 1.29 is 27.6 Å². The topological polar surface area (TPSA) is 118 Å². The van der Waals surface area contributed by atoms with Gasteiger partial charge in [0.25, 0.3) is 11.5 Å². The molecule has 1 unspecified atom stereocenters. The summed E-state index contributed by atoms with van der Waals surface area (Å²) in [5, 5.41) is 4.73. The molecule has 36 heavy (non-hydrogen) atoms. The summed E-state index contributed by atoms with van der Waals surface area (Å²) in [7, 11) is -0.837. The Bertz CT molecular complexity index is 1360. The van der Waals surface area contributed by atoms with Gasteiger partial charge in [0.15, 0.2) is 0 Å². The molecular weight excluding hydrogens is 490 g/mol. The molecular formula is C24H26F2N4O5Si. The lowest BCUT2D eigenvalue weighted by atomic mass is 9.95. The van der Waals surface area contributed by atoms with Crippen LogP contribution in [0.15, 0.2) is 39.6 Å². The molecule has 3 aromatic rings. The van der Waals surface area contributed by atoms with Crippen molar-refractivity contribution in [3.63, 3.8) is 0 Å². The van der Waals surface area contributed by atoms with Gasteiger partial charge in [0, 0.05) is 41.5 Å². The van der Waals surface area contributed by atoms with Crippen molar-refractivity contribution in [2.75, 3.05) is 19.0 Å². The van der Waals surface area contributed by atoms with E-state index in [1.54, 1.807) is 12.1 Å². The first-order valence-electron chi connectivity index (χ1n) is 11.3. The Morgan fingerprint density at radius 3 is 2.50 bits per heavy atom. The number of ether oxygens (including phenoxy) is 1. The number of nitrogens with zero attached hydrogens (tertiary/aromatic N) is 2. The zero-order valence-corrected chi connectivity index (χ0v) is 21.3.